The van der Waals surface area contributed by atoms with Crippen LogP contribution in [0.1, 0.15) is 29.6 Å². The number of carbonyl (C=O) groups excluding carboxylic acids is 1. The van der Waals surface area contributed by atoms with Gasteiger partial charge in [-0.1, -0.05) is 41.4 Å². The van der Waals surface area contributed by atoms with E-state index in [1.54, 1.807) is 12.1 Å². The first-order valence-electron chi connectivity index (χ1n) is 8.78. The lowest BCUT2D eigenvalue weighted by molar-refractivity contribution is 0.00414. The topological polar surface area (TPSA) is 41.6 Å². The second kappa shape index (κ2) is 7.30. The van der Waals surface area contributed by atoms with Gasteiger partial charge in [0.05, 0.1) is 17.0 Å². The van der Waals surface area contributed by atoms with Gasteiger partial charge in [-0.25, -0.2) is 0 Å². The van der Waals surface area contributed by atoms with Crippen molar-refractivity contribution >= 4 is 52.0 Å². The number of Topliss-reactive ketones (excluding diaryl/α,β-unsaturated/α-hetero) is 1. The number of fused-ring (bicyclic) bond motifs is 1. The highest BCUT2D eigenvalue weighted by atomic mass is 35.5. The molecule has 7 heteroatoms. The number of anilines is 1. The third-order valence-corrected chi connectivity index (χ3v) is 5.96. The first-order valence-corrected chi connectivity index (χ1v) is 9.94. The van der Waals surface area contributed by atoms with Crippen LogP contribution in [0.2, 0.25) is 10.0 Å². The fourth-order valence-electron chi connectivity index (χ4n) is 3.63. The number of nitrogens with zero attached hydrogens (tertiary/aromatic N) is 1. The molecule has 1 N–H and O–H groups in total. The maximum atomic E-state index is 12.7. The average Bonchev–Trinajstić information content (AvgIpc) is 2.64. The molecule has 27 heavy (non-hydrogen) atoms. The van der Waals surface area contributed by atoms with E-state index in [0.717, 1.165) is 5.69 Å². The van der Waals surface area contributed by atoms with Gasteiger partial charge in [0.1, 0.15) is 11.4 Å². The number of hydrogen-bond acceptors (Lipinski definition) is 3. The maximum absolute atomic E-state index is 12.7. The molecule has 4 nitrogen and oxygen atoms in total. The Hall–Kier alpha value is -1.82. The SMILES string of the molecule is O=C1CC2(CCN(C(=S)Nc3ccccc3)CC2)Oc2c(Cl)cc(Cl)cc21. The van der Waals surface area contributed by atoms with E-state index >= 15 is 0 Å². The summed E-state index contributed by atoms with van der Waals surface area (Å²) in [5, 5.41) is 4.77. The number of benzene rings is 2. The minimum atomic E-state index is -0.527. The summed E-state index contributed by atoms with van der Waals surface area (Å²) in [6, 6.07) is 13.1. The lowest BCUT2D eigenvalue weighted by Gasteiger charge is -2.44. The highest BCUT2D eigenvalue weighted by Crippen LogP contribution is 2.44. The molecule has 2 aliphatic heterocycles. The van der Waals surface area contributed by atoms with Crippen LogP contribution in [0.3, 0.4) is 0 Å². The van der Waals surface area contributed by atoms with Gasteiger partial charge < -0.3 is 15.0 Å². The van der Waals surface area contributed by atoms with Gasteiger partial charge in [0.25, 0.3) is 0 Å². The van der Waals surface area contributed by atoms with E-state index in [9.17, 15) is 4.79 Å². The number of piperidine rings is 1. The van der Waals surface area contributed by atoms with E-state index in [-0.39, 0.29) is 5.78 Å². The van der Waals surface area contributed by atoms with E-state index < -0.39 is 5.60 Å². The molecule has 1 spiro atoms. The highest BCUT2D eigenvalue weighted by Gasteiger charge is 2.44. The highest BCUT2D eigenvalue weighted by molar-refractivity contribution is 7.80. The predicted molar refractivity (Wildman–Crippen MR) is 112 cm³/mol. The maximum Gasteiger partial charge on any atom is 0.173 e. The zero-order valence-corrected chi connectivity index (χ0v) is 16.8. The average molecular weight is 421 g/mol. The quantitative estimate of drug-likeness (QED) is 0.642. The second-order valence-corrected chi connectivity index (χ2v) is 8.16. The third-order valence-electron chi connectivity index (χ3n) is 5.10. The number of nitrogens with one attached hydrogen (secondary N) is 1. The first kappa shape index (κ1) is 18.5. The molecule has 0 atom stereocenters. The van der Waals surface area contributed by atoms with Gasteiger partial charge in [0.2, 0.25) is 0 Å². The molecule has 2 aliphatic rings. The van der Waals surface area contributed by atoms with Crippen LogP contribution in [0.4, 0.5) is 5.69 Å². The normalized spacial score (nSPS) is 18.0. The molecule has 0 saturated carbocycles. The number of carbonyl (C=O) groups is 1. The smallest absolute Gasteiger partial charge is 0.173 e. The molecular formula is C20H18Cl2N2O2S. The van der Waals surface area contributed by atoms with Crippen molar-refractivity contribution in [1.82, 2.24) is 4.90 Å². The van der Waals surface area contributed by atoms with Gasteiger partial charge in [-0.3, -0.25) is 4.79 Å². The standard InChI is InChI=1S/C20H18Cl2N2O2S/c21-13-10-15-17(25)12-20(26-18(15)16(22)11-13)6-8-24(9-7-20)19(27)23-14-4-2-1-3-5-14/h1-5,10-11H,6-9,12H2,(H,23,27). The summed E-state index contributed by atoms with van der Waals surface area (Å²) in [6.07, 6.45) is 1.74. The Labute approximate surface area is 173 Å². The summed E-state index contributed by atoms with van der Waals surface area (Å²) in [6.45, 7) is 1.43. The minimum Gasteiger partial charge on any atom is -0.484 e. The van der Waals surface area contributed by atoms with Crippen molar-refractivity contribution in [1.29, 1.82) is 0 Å². The van der Waals surface area contributed by atoms with Crippen LogP contribution in [0.5, 0.6) is 5.75 Å². The van der Waals surface area contributed by atoms with Crippen LogP contribution < -0.4 is 10.1 Å². The van der Waals surface area contributed by atoms with Crippen LogP contribution in [0, 0.1) is 0 Å². The number of thiocarbonyl (C=S) groups is 1. The molecule has 0 unspecified atom stereocenters. The Kier molecular flexibility index (Phi) is 5.01. The number of hydrogen-bond donors (Lipinski definition) is 1. The Balaban J connectivity index is 1.46. The van der Waals surface area contributed by atoms with Crippen LogP contribution in [0.15, 0.2) is 42.5 Å². The molecule has 140 valence electrons. The van der Waals surface area contributed by atoms with E-state index in [1.807, 2.05) is 30.3 Å². The molecule has 1 fully saturated rings. The number of halogens is 2. The molecule has 0 aromatic heterocycles. The van der Waals surface area contributed by atoms with Gasteiger partial charge in [-0.15, -0.1) is 0 Å². The molecule has 2 aromatic rings. The Morgan fingerprint density at radius 1 is 1.15 bits per heavy atom. The molecule has 1 saturated heterocycles. The van der Waals surface area contributed by atoms with Crippen LogP contribution in [-0.4, -0.2) is 34.5 Å². The molecule has 0 amide bonds. The largest absolute Gasteiger partial charge is 0.484 e. The zero-order chi connectivity index (χ0) is 19.0. The lowest BCUT2D eigenvalue weighted by atomic mass is 9.82. The predicted octanol–water partition coefficient (Wildman–Crippen LogP) is 5.19. The fraction of sp³-hybridized carbons (Fsp3) is 0.300. The monoisotopic (exact) mass is 420 g/mol. The summed E-state index contributed by atoms with van der Waals surface area (Å²) < 4.78 is 6.26. The van der Waals surface area contributed by atoms with E-state index in [2.05, 4.69) is 10.2 Å². The van der Waals surface area contributed by atoms with Crippen molar-refractivity contribution in [3.63, 3.8) is 0 Å². The van der Waals surface area contributed by atoms with Crippen molar-refractivity contribution in [3.05, 3.63) is 58.1 Å². The van der Waals surface area contributed by atoms with Gasteiger partial charge in [-0.05, 0) is 36.5 Å². The minimum absolute atomic E-state index is 0.0269. The lowest BCUT2D eigenvalue weighted by Crippen LogP contribution is -2.53. The van der Waals surface area contributed by atoms with Crippen molar-refractivity contribution in [2.24, 2.45) is 0 Å². The Morgan fingerprint density at radius 2 is 1.85 bits per heavy atom. The van der Waals surface area contributed by atoms with E-state index in [4.69, 9.17) is 40.2 Å². The van der Waals surface area contributed by atoms with Gasteiger partial charge in [0.15, 0.2) is 10.9 Å². The summed E-state index contributed by atoms with van der Waals surface area (Å²) in [4.78, 5) is 14.8. The zero-order valence-electron chi connectivity index (χ0n) is 14.5. The second-order valence-electron chi connectivity index (χ2n) is 6.93. The number of likely N-dealkylation sites (tertiary alicyclic amines) is 1. The van der Waals surface area contributed by atoms with Crippen molar-refractivity contribution in [2.75, 3.05) is 18.4 Å². The van der Waals surface area contributed by atoms with Gasteiger partial charge in [-0.2, -0.15) is 0 Å². The van der Waals surface area contributed by atoms with Gasteiger partial charge >= 0.3 is 0 Å². The molecular weight excluding hydrogens is 403 g/mol. The fourth-order valence-corrected chi connectivity index (χ4v) is 4.46. The van der Waals surface area contributed by atoms with E-state index in [0.29, 0.717) is 58.8 Å². The molecule has 0 radical (unpaired) electrons. The first-order chi connectivity index (χ1) is 13.0. The van der Waals surface area contributed by atoms with Crippen molar-refractivity contribution in [2.45, 2.75) is 24.9 Å². The van der Waals surface area contributed by atoms with Crippen LogP contribution in [0.25, 0.3) is 0 Å². The van der Waals surface area contributed by atoms with Crippen LogP contribution >= 0.6 is 35.4 Å². The summed E-state index contributed by atoms with van der Waals surface area (Å²) in [5.41, 5.74) is 0.909. The van der Waals surface area contributed by atoms with E-state index in [1.165, 1.54) is 0 Å². The Bertz CT molecular complexity index is 896. The van der Waals surface area contributed by atoms with Gasteiger partial charge in [0, 0.05) is 36.6 Å². The molecule has 2 heterocycles. The molecule has 2 aromatic carbocycles. The van der Waals surface area contributed by atoms with Crippen LogP contribution in [-0.2, 0) is 0 Å². The molecule has 4 rings (SSSR count). The number of para-hydroxylation sites is 1. The number of rotatable bonds is 1. The summed E-state index contributed by atoms with van der Waals surface area (Å²) in [5.74, 6) is 0.481. The Morgan fingerprint density at radius 3 is 2.56 bits per heavy atom. The van der Waals surface area contributed by atoms with Crippen molar-refractivity contribution in [3.8, 4) is 5.75 Å². The molecule has 0 aliphatic carbocycles. The number of ether oxygens (including phenoxy) is 1. The van der Waals surface area contributed by atoms with Crippen molar-refractivity contribution < 1.29 is 9.53 Å². The summed E-state index contributed by atoms with van der Waals surface area (Å²) >= 11 is 17.8. The summed E-state index contributed by atoms with van der Waals surface area (Å²) in [7, 11) is 0. The molecule has 0 bridgehead atoms. The number of ketones is 1. The third kappa shape index (κ3) is 3.77.